The number of hydrogen-bond acceptors (Lipinski definition) is 6. The van der Waals surface area contributed by atoms with Crippen LogP contribution in [0.3, 0.4) is 0 Å². The highest BCUT2D eigenvalue weighted by molar-refractivity contribution is 6.27. The van der Waals surface area contributed by atoms with Gasteiger partial charge in [-0.25, -0.2) is 0 Å². The Hall–Kier alpha value is -4.58. The van der Waals surface area contributed by atoms with Crippen LogP contribution in [0.25, 0.3) is 0 Å². The monoisotopic (exact) mass is 434 g/mol. The molecule has 160 valence electrons. The molecule has 3 aromatic carbocycles. The van der Waals surface area contributed by atoms with E-state index in [1.54, 1.807) is 72.8 Å². The molecule has 1 atom stereocenters. The average molecular weight is 434 g/mol. The van der Waals surface area contributed by atoms with Crippen molar-refractivity contribution < 1.29 is 19.2 Å². The van der Waals surface area contributed by atoms with Crippen LogP contribution in [0, 0.1) is 0 Å². The molecule has 3 aromatic rings. The molecule has 2 aliphatic rings. The Morgan fingerprint density at radius 2 is 1.12 bits per heavy atom. The van der Waals surface area contributed by atoms with E-state index in [0.29, 0.717) is 11.1 Å². The number of carbonyl (C=O) groups excluding carboxylic acids is 4. The first-order valence-corrected chi connectivity index (χ1v) is 10.4. The van der Waals surface area contributed by atoms with Crippen molar-refractivity contribution in [1.29, 1.82) is 0 Å². The first kappa shape index (κ1) is 20.3. The minimum Gasteiger partial charge on any atom is -0.395 e. The molecule has 33 heavy (non-hydrogen) atoms. The quantitative estimate of drug-likeness (QED) is 0.650. The molecule has 0 spiro atoms. The lowest BCUT2D eigenvalue weighted by molar-refractivity contribution is 0.0960. The second-order valence-electron chi connectivity index (χ2n) is 7.82. The molecule has 0 saturated carbocycles. The van der Waals surface area contributed by atoms with Crippen LogP contribution in [0.4, 0.5) is 0 Å². The number of nitrogens with two attached hydrogens (primary N) is 1. The van der Waals surface area contributed by atoms with Crippen LogP contribution in [-0.2, 0) is 0 Å². The Balaban J connectivity index is 1.63. The maximum absolute atomic E-state index is 13.5. The molecular weight excluding hydrogens is 416 g/mol. The molecule has 0 bridgehead atoms. The fourth-order valence-electron chi connectivity index (χ4n) is 4.25. The van der Waals surface area contributed by atoms with E-state index >= 15 is 0 Å². The van der Waals surface area contributed by atoms with E-state index in [2.05, 4.69) is 5.32 Å². The number of nitrogens with one attached hydrogen (secondary N) is 1. The molecule has 5 rings (SSSR count). The Labute approximate surface area is 189 Å². The summed E-state index contributed by atoms with van der Waals surface area (Å²) in [6, 6.07) is 21.0. The summed E-state index contributed by atoms with van der Waals surface area (Å²) < 4.78 is 0. The highest BCUT2D eigenvalue weighted by atomic mass is 16.1. The van der Waals surface area contributed by atoms with E-state index in [-0.39, 0.29) is 45.2 Å². The van der Waals surface area contributed by atoms with Crippen LogP contribution >= 0.6 is 0 Å². The van der Waals surface area contributed by atoms with Crippen LogP contribution in [-0.4, -0.2) is 23.1 Å². The van der Waals surface area contributed by atoms with Gasteiger partial charge < -0.3 is 11.1 Å². The van der Waals surface area contributed by atoms with Gasteiger partial charge >= 0.3 is 0 Å². The van der Waals surface area contributed by atoms with Crippen LogP contribution in [0.2, 0.25) is 0 Å². The van der Waals surface area contributed by atoms with Gasteiger partial charge in [0.2, 0.25) is 11.6 Å². The zero-order valence-electron chi connectivity index (χ0n) is 17.4. The molecule has 0 aliphatic heterocycles. The van der Waals surface area contributed by atoms with Crippen molar-refractivity contribution in [2.45, 2.75) is 6.04 Å². The molecule has 0 heterocycles. The third-order valence-corrected chi connectivity index (χ3v) is 5.87. The number of Topliss-reactive ketones (excluding diaryl/α,β-unsaturated/α-hetero) is 3. The molecule has 2 aliphatic carbocycles. The predicted molar refractivity (Wildman–Crippen MR) is 122 cm³/mol. The van der Waals surface area contributed by atoms with Gasteiger partial charge in [0, 0.05) is 28.3 Å². The second-order valence-corrected chi connectivity index (χ2v) is 7.82. The lowest BCUT2D eigenvalue weighted by Crippen LogP contribution is -2.37. The molecular formula is C27H18N2O4. The number of benzene rings is 3. The van der Waals surface area contributed by atoms with Gasteiger partial charge in [0.05, 0.1) is 23.0 Å². The lowest BCUT2D eigenvalue weighted by Gasteiger charge is -2.28. The van der Waals surface area contributed by atoms with Crippen molar-refractivity contribution in [2.24, 2.45) is 5.73 Å². The first-order chi connectivity index (χ1) is 16.0. The summed E-state index contributed by atoms with van der Waals surface area (Å²) in [5, 5.41) is 3.06. The summed E-state index contributed by atoms with van der Waals surface area (Å²) >= 11 is 0. The van der Waals surface area contributed by atoms with Gasteiger partial charge in [-0.1, -0.05) is 78.9 Å². The third-order valence-electron chi connectivity index (χ3n) is 5.87. The molecule has 0 saturated heterocycles. The number of ketones is 4. The highest BCUT2D eigenvalue weighted by Crippen LogP contribution is 2.34. The second kappa shape index (κ2) is 7.84. The van der Waals surface area contributed by atoms with Gasteiger partial charge in [0.1, 0.15) is 0 Å². The van der Waals surface area contributed by atoms with E-state index in [0.717, 1.165) is 0 Å². The van der Waals surface area contributed by atoms with E-state index < -0.39 is 17.6 Å². The Kier molecular flexibility index (Phi) is 4.83. The van der Waals surface area contributed by atoms with Crippen molar-refractivity contribution in [1.82, 2.24) is 5.32 Å². The predicted octanol–water partition coefficient (Wildman–Crippen LogP) is 3.57. The lowest BCUT2D eigenvalue weighted by atomic mass is 9.81. The minimum absolute atomic E-state index is 0.0342. The number of allylic oxidation sites excluding steroid dienone is 3. The van der Waals surface area contributed by atoms with Crippen molar-refractivity contribution in [2.75, 3.05) is 0 Å². The molecule has 0 aromatic heterocycles. The minimum atomic E-state index is -0.913. The Bertz CT molecular complexity index is 1420. The van der Waals surface area contributed by atoms with Crippen LogP contribution < -0.4 is 11.1 Å². The molecule has 3 N–H and O–H groups in total. The van der Waals surface area contributed by atoms with Gasteiger partial charge in [-0.3, -0.25) is 19.2 Å². The van der Waals surface area contributed by atoms with Crippen molar-refractivity contribution in [3.8, 4) is 0 Å². The smallest absolute Gasteiger partial charge is 0.209 e. The highest BCUT2D eigenvalue weighted by Gasteiger charge is 2.37. The Morgan fingerprint density at radius 3 is 1.76 bits per heavy atom. The first-order valence-electron chi connectivity index (χ1n) is 10.4. The number of carbonyl (C=O) groups is 4. The number of hydrogen-bond donors (Lipinski definition) is 2. The molecule has 6 nitrogen and oxygen atoms in total. The van der Waals surface area contributed by atoms with Crippen molar-refractivity contribution in [3.63, 3.8) is 0 Å². The van der Waals surface area contributed by atoms with E-state index in [1.807, 2.05) is 6.07 Å². The Morgan fingerprint density at radius 1 is 0.606 bits per heavy atom. The standard InChI is InChI=1S/C27H18N2O4/c28-23-22(26(32)18-12-6-7-13-19(18)27(23)33)24(15-8-2-1-3-9-15)29-20-14-21(30)16-10-4-5-11-17(16)25(20)31/h1-14,24,29H,28H2. The van der Waals surface area contributed by atoms with Crippen molar-refractivity contribution in [3.05, 3.63) is 130 Å². The summed E-state index contributed by atoms with van der Waals surface area (Å²) in [5.41, 5.74) is 7.81. The van der Waals surface area contributed by atoms with Gasteiger partial charge in [-0.2, -0.15) is 0 Å². The molecule has 6 heteroatoms. The summed E-state index contributed by atoms with van der Waals surface area (Å²) in [4.78, 5) is 52.3. The largest absolute Gasteiger partial charge is 0.395 e. The maximum Gasteiger partial charge on any atom is 0.209 e. The van der Waals surface area contributed by atoms with Crippen LogP contribution in [0.15, 0.2) is 102 Å². The van der Waals surface area contributed by atoms with E-state index in [1.165, 1.54) is 6.08 Å². The number of fused-ring (bicyclic) bond motifs is 2. The summed E-state index contributed by atoms with van der Waals surface area (Å²) in [6.45, 7) is 0. The van der Waals surface area contributed by atoms with Crippen molar-refractivity contribution >= 4 is 23.1 Å². The van der Waals surface area contributed by atoms with Crippen LogP contribution in [0.1, 0.15) is 53.0 Å². The van der Waals surface area contributed by atoms with Gasteiger partial charge in [-0.15, -0.1) is 0 Å². The molecule has 1 unspecified atom stereocenters. The van der Waals surface area contributed by atoms with Gasteiger partial charge in [-0.05, 0) is 5.56 Å². The van der Waals surface area contributed by atoms with E-state index in [4.69, 9.17) is 5.73 Å². The zero-order chi connectivity index (χ0) is 23.1. The fourth-order valence-corrected chi connectivity index (χ4v) is 4.25. The van der Waals surface area contributed by atoms with Gasteiger partial charge in [0.15, 0.2) is 11.6 Å². The average Bonchev–Trinajstić information content (AvgIpc) is 2.85. The topological polar surface area (TPSA) is 106 Å². The summed E-state index contributed by atoms with van der Waals surface area (Å²) in [6.07, 6.45) is 1.22. The molecule has 0 amide bonds. The maximum atomic E-state index is 13.5. The summed E-state index contributed by atoms with van der Waals surface area (Å²) in [5.74, 6) is -1.55. The molecule has 0 radical (unpaired) electrons. The SMILES string of the molecule is NC1=C(C(NC2=CC(=O)c3ccccc3C2=O)c2ccccc2)C(=O)c2ccccc2C1=O. The van der Waals surface area contributed by atoms with Crippen LogP contribution in [0.5, 0.6) is 0 Å². The van der Waals surface area contributed by atoms with E-state index in [9.17, 15) is 19.2 Å². The zero-order valence-corrected chi connectivity index (χ0v) is 17.4. The fraction of sp³-hybridized carbons (Fsp3) is 0.0370. The number of rotatable bonds is 4. The van der Waals surface area contributed by atoms with Gasteiger partial charge in [0.25, 0.3) is 0 Å². The molecule has 0 fully saturated rings. The third kappa shape index (κ3) is 3.29. The normalized spacial score (nSPS) is 16.2. The summed E-state index contributed by atoms with van der Waals surface area (Å²) in [7, 11) is 0.